The maximum atomic E-state index is 11.5. The maximum absolute atomic E-state index is 11.5. The number of amides is 6. The van der Waals surface area contributed by atoms with Gasteiger partial charge in [-0.05, 0) is 5.92 Å². The van der Waals surface area contributed by atoms with Gasteiger partial charge in [0.25, 0.3) is 11.8 Å². The number of carbonyl (C=O) groups excluding carboxylic acids is 3. The van der Waals surface area contributed by atoms with Crippen molar-refractivity contribution >= 4 is 30.0 Å². The number of nitrogens with zero attached hydrogens (tertiary/aromatic N) is 1. The number of rotatable bonds is 6. The van der Waals surface area contributed by atoms with Gasteiger partial charge in [-0.15, -0.1) is 0 Å². The lowest BCUT2D eigenvalue weighted by atomic mass is 10.2. The van der Waals surface area contributed by atoms with Crippen molar-refractivity contribution < 1.29 is 34.2 Å². The fourth-order valence-electron chi connectivity index (χ4n) is 1.35. The Morgan fingerprint density at radius 3 is 1.92 bits per heavy atom. The molecule has 0 radical (unpaired) electrons. The summed E-state index contributed by atoms with van der Waals surface area (Å²) in [7, 11) is 0. The first-order valence-corrected chi connectivity index (χ1v) is 6.70. The van der Waals surface area contributed by atoms with Crippen LogP contribution in [0.2, 0.25) is 0 Å². The van der Waals surface area contributed by atoms with Crippen LogP contribution in [-0.2, 0) is 9.59 Å². The Morgan fingerprint density at radius 1 is 0.917 bits per heavy atom. The number of carbonyl (C=O) groups is 5. The van der Waals surface area contributed by atoms with Crippen LogP contribution in [0.1, 0.15) is 13.8 Å². The summed E-state index contributed by atoms with van der Waals surface area (Å²) in [6.07, 6.45) is -2.69. The van der Waals surface area contributed by atoms with E-state index in [0.29, 0.717) is 0 Å². The van der Waals surface area contributed by atoms with Gasteiger partial charge in [0.1, 0.15) is 13.1 Å². The Bertz CT molecular complexity index is 495. The molecule has 7 N–H and O–H groups in total. The highest BCUT2D eigenvalue weighted by atomic mass is 16.4. The van der Waals surface area contributed by atoms with Gasteiger partial charge < -0.3 is 15.5 Å². The highest BCUT2D eigenvalue weighted by molar-refractivity contribution is 5.86. The van der Waals surface area contributed by atoms with Crippen LogP contribution in [0.4, 0.5) is 14.4 Å². The number of nitrogens with one attached hydrogen (secondary N) is 5. The number of hydrogen-bond acceptors (Lipinski definition) is 5. The second-order valence-electron chi connectivity index (χ2n) is 4.89. The zero-order chi connectivity index (χ0) is 18.7. The largest absolute Gasteiger partial charge is 0.465 e. The van der Waals surface area contributed by atoms with Crippen LogP contribution in [0.25, 0.3) is 0 Å². The molecular weight excluding hydrogens is 328 g/mol. The number of hydrazine groups is 2. The SMILES string of the molecule is CC(C)CN(CC(=O)NNC(=O)NNC(=O)CNC(=O)O)C(=O)O. The molecule has 0 fully saturated rings. The molecule has 0 atom stereocenters. The van der Waals surface area contributed by atoms with E-state index in [4.69, 9.17) is 10.2 Å². The summed E-state index contributed by atoms with van der Waals surface area (Å²) in [5.74, 6) is -1.61. The van der Waals surface area contributed by atoms with Crippen molar-refractivity contribution in [2.45, 2.75) is 13.8 Å². The molecule has 0 rings (SSSR count). The number of urea groups is 1. The van der Waals surface area contributed by atoms with Gasteiger partial charge in [0.15, 0.2) is 0 Å². The molecule has 0 saturated heterocycles. The smallest absolute Gasteiger partial charge is 0.407 e. The zero-order valence-corrected chi connectivity index (χ0v) is 13.1. The Morgan fingerprint density at radius 2 is 1.46 bits per heavy atom. The number of hydrogen-bond donors (Lipinski definition) is 7. The van der Waals surface area contributed by atoms with Crippen molar-refractivity contribution in [1.29, 1.82) is 0 Å². The Balaban J connectivity index is 4.08. The molecule has 0 aromatic heterocycles. The molecule has 136 valence electrons. The van der Waals surface area contributed by atoms with Gasteiger partial charge >= 0.3 is 18.2 Å². The van der Waals surface area contributed by atoms with Crippen LogP contribution in [-0.4, -0.2) is 64.8 Å². The molecule has 0 bridgehead atoms. The van der Waals surface area contributed by atoms with E-state index in [0.717, 1.165) is 4.90 Å². The first-order valence-electron chi connectivity index (χ1n) is 6.70. The minimum atomic E-state index is -1.41. The van der Waals surface area contributed by atoms with Crippen LogP contribution in [0.5, 0.6) is 0 Å². The summed E-state index contributed by atoms with van der Waals surface area (Å²) in [5.41, 5.74) is 7.53. The topological polar surface area (TPSA) is 189 Å². The second kappa shape index (κ2) is 10.5. The van der Waals surface area contributed by atoms with Crippen molar-refractivity contribution in [1.82, 2.24) is 31.9 Å². The molecule has 24 heavy (non-hydrogen) atoms. The maximum Gasteiger partial charge on any atom is 0.407 e. The van der Waals surface area contributed by atoms with Crippen molar-refractivity contribution in [2.75, 3.05) is 19.6 Å². The first kappa shape index (κ1) is 20.8. The van der Waals surface area contributed by atoms with Gasteiger partial charge in [0, 0.05) is 6.54 Å². The monoisotopic (exact) mass is 348 g/mol. The Hall–Kier alpha value is -3.25. The summed E-state index contributed by atoms with van der Waals surface area (Å²) in [6.45, 7) is 2.64. The summed E-state index contributed by atoms with van der Waals surface area (Å²) >= 11 is 0. The molecule has 0 aromatic carbocycles. The Labute approximate surface area is 136 Å². The van der Waals surface area contributed by atoms with Crippen LogP contribution in [0.15, 0.2) is 0 Å². The molecule has 0 aliphatic rings. The van der Waals surface area contributed by atoms with E-state index < -0.39 is 43.1 Å². The third kappa shape index (κ3) is 10.5. The average molecular weight is 348 g/mol. The molecule has 13 heteroatoms. The van der Waals surface area contributed by atoms with Crippen LogP contribution >= 0.6 is 0 Å². The standard InChI is InChI=1S/C11H20N6O7/c1-6(2)4-17(11(23)24)5-8(19)14-16-9(20)15-13-7(18)3-12-10(21)22/h6,12H,3-5H2,1-2H3,(H,13,18)(H,14,19)(H,21,22)(H,23,24)(H2,15,16,20). The molecule has 0 aromatic rings. The molecular formula is C11H20N6O7. The van der Waals surface area contributed by atoms with Gasteiger partial charge in [-0.2, -0.15) is 0 Å². The van der Waals surface area contributed by atoms with Crippen molar-refractivity contribution in [3.63, 3.8) is 0 Å². The lowest BCUT2D eigenvalue weighted by molar-refractivity contribution is -0.122. The molecule has 0 aliphatic heterocycles. The number of carboxylic acid groups (broad SMARTS) is 2. The third-order valence-corrected chi connectivity index (χ3v) is 2.22. The minimum absolute atomic E-state index is 0.0137. The van der Waals surface area contributed by atoms with Crippen molar-refractivity contribution in [3.8, 4) is 0 Å². The highest BCUT2D eigenvalue weighted by Crippen LogP contribution is 1.98. The predicted octanol–water partition coefficient (Wildman–Crippen LogP) is -1.75. The van der Waals surface area contributed by atoms with E-state index in [1.165, 1.54) is 0 Å². The van der Waals surface area contributed by atoms with Crippen LogP contribution in [0, 0.1) is 5.92 Å². The third-order valence-electron chi connectivity index (χ3n) is 2.22. The molecule has 13 nitrogen and oxygen atoms in total. The normalized spacial score (nSPS) is 9.62. The summed E-state index contributed by atoms with van der Waals surface area (Å²) < 4.78 is 0. The summed E-state index contributed by atoms with van der Waals surface area (Å²) in [4.78, 5) is 55.8. The van der Waals surface area contributed by atoms with E-state index in [1.807, 2.05) is 21.7 Å². The fraction of sp³-hybridized carbons (Fsp3) is 0.545. The minimum Gasteiger partial charge on any atom is -0.465 e. The molecule has 6 amide bonds. The predicted molar refractivity (Wildman–Crippen MR) is 78.4 cm³/mol. The highest BCUT2D eigenvalue weighted by Gasteiger charge is 2.17. The summed E-state index contributed by atoms with van der Waals surface area (Å²) in [6, 6.07) is -1.02. The first-order chi connectivity index (χ1) is 11.1. The lowest BCUT2D eigenvalue weighted by Crippen LogP contribution is -2.55. The molecule has 0 aliphatic carbocycles. The lowest BCUT2D eigenvalue weighted by Gasteiger charge is -2.20. The fourth-order valence-corrected chi connectivity index (χ4v) is 1.35. The quantitative estimate of drug-likeness (QED) is 0.277. The van der Waals surface area contributed by atoms with E-state index in [-0.39, 0.29) is 12.5 Å². The molecule has 0 unspecified atom stereocenters. The van der Waals surface area contributed by atoms with E-state index in [1.54, 1.807) is 19.2 Å². The average Bonchev–Trinajstić information content (AvgIpc) is 2.47. The molecule has 0 spiro atoms. The van der Waals surface area contributed by atoms with Gasteiger partial charge in [0.05, 0.1) is 0 Å². The van der Waals surface area contributed by atoms with E-state index >= 15 is 0 Å². The summed E-state index contributed by atoms with van der Waals surface area (Å²) in [5, 5.41) is 19.0. The van der Waals surface area contributed by atoms with Gasteiger partial charge in [0.2, 0.25) is 0 Å². The van der Waals surface area contributed by atoms with E-state index in [9.17, 15) is 24.0 Å². The second-order valence-corrected chi connectivity index (χ2v) is 4.89. The van der Waals surface area contributed by atoms with Crippen LogP contribution < -0.4 is 27.0 Å². The molecule has 0 heterocycles. The van der Waals surface area contributed by atoms with Crippen LogP contribution in [0.3, 0.4) is 0 Å². The van der Waals surface area contributed by atoms with Gasteiger partial charge in [-0.25, -0.2) is 25.2 Å². The van der Waals surface area contributed by atoms with E-state index in [2.05, 4.69) is 0 Å². The molecule has 0 saturated carbocycles. The van der Waals surface area contributed by atoms with Crippen molar-refractivity contribution in [3.05, 3.63) is 0 Å². The van der Waals surface area contributed by atoms with Crippen molar-refractivity contribution in [2.24, 2.45) is 5.92 Å². The van der Waals surface area contributed by atoms with Gasteiger partial charge in [-0.3, -0.25) is 25.3 Å². The zero-order valence-electron chi connectivity index (χ0n) is 13.1. The van der Waals surface area contributed by atoms with Gasteiger partial charge in [-0.1, -0.05) is 13.8 Å². The Kier molecular flexibility index (Phi) is 9.05.